The second kappa shape index (κ2) is 9.73. The fourth-order valence-corrected chi connectivity index (χ4v) is 4.44. The Morgan fingerprint density at radius 2 is 1.81 bits per heavy atom. The third kappa shape index (κ3) is 5.12. The van der Waals surface area contributed by atoms with E-state index in [9.17, 15) is 14.4 Å². The number of carbonyl (C=O) groups is 3. The summed E-state index contributed by atoms with van der Waals surface area (Å²) in [6.07, 6.45) is 1.56. The van der Waals surface area contributed by atoms with Crippen LogP contribution >= 0.6 is 39.3 Å². The highest BCUT2D eigenvalue weighted by molar-refractivity contribution is 9.10. The molecule has 0 N–H and O–H groups in total. The van der Waals surface area contributed by atoms with Gasteiger partial charge in [0.15, 0.2) is 0 Å². The molecule has 0 saturated carbocycles. The molecule has 3 aromatic rings. The van der Waals surface area contributed by atoms with Crippen LogP contribution in [-0.4, -0.2) is 22.0 Å². The highest BCUT2D eigenvalue weighted by Gasteiger charge is 2.35. The largest absolute Gasteiger partial charge is 0.422 e. The van der Waals surface area contributed by atoms with E-state index in [1.165, 1.54) is 11.0 Å². The zero-order valence-electron chi connectivity index (χ0n) is 16.5. The van der Waals surface area contributed by atoms with Crippen LogP contribution < -0.4 is 4.74 Å². The minimum absolute atomic E-state index is 0.192. The van der Waals surface area contributed by atoms with Gasteiger partial charge in [0.05, 0.1) is 17.0 Å². The first-order valence-corrected chi connectivity index (χ1v) is 11.5. The fraction of sp³-hybridized carbons (Fsp3) is 0.0417. The molecule has 1 saturated heterocycles. The van der Waals surface area contributed by atoms with Crippen molar-refractivity contribution in [3.63, 3.8) is 0 Å². The van der Waals surface area contributed by atoms with Crippen LogP contribution in [0.25, 0.3) is 6.08 Å². The number of hydrogen-bond acceptors (Lipinski definition) is 5. The number of imide groups is 1. The van der Waals surface area contributed by atoms with Crippen LogP contribution in [0, 0.1) is 0 Å². The quantitative estimate of drug-likeness (QED) is 0.213. The topological polar surface area (TPSA) is 63.7 Å². The Bertz CT molecular complexity index is 1250. The van der Waals surface area contributed by atoms with Crippen LogP contribution in [-0.2, 0) is 11.3 Å². The molecule has 0 aliphatic carbocycles. The van der Waals surface area contributed by atoms with Crippen LogP contribution in [0.15, 0.2) is 82.2 Å². The molecule has 1 heterocycles. The summed E-state index contributed by atoms with van der Waals surface area (Å²) < 4.78 is 6.29. The highest BCUT2D eigenvalue weighted by Crippen LogP contribution is 2.36. The molecule has 0 radical (unpaired) electrons. The van der Waals surface area contributed by atoms with Gasteiger partial charge in [0, 0.05) is 15.1 Å². The number of carbonyl (C=O) groups excluding carboxylic acids is 3. The van der Waals surface area contributed by atoms with Crippen LogP contribution in [0.3, 0.4) is 0 Å². The van der Waals surface area contributed by atoms with E-state index in [4.69, 9.17) is 16.3 Å². The lowest BCUT2D eigenvalue weighted by molar-refractivity contribution is -0.123. The van der Waals surface area contributed by atoms with Crippen molar-refractivity contribution < 1.29 is 19.1 Å². The molecule has 1 fully saturated rings. The summed E-state index contributed by atoms with van der Waals surface area (Å²) in [4.78, 5) is 39.4. The van der Waals surface area contributed by atoms with Gasteiger partial charge in [0.2, 0.25) is 0 Å². The van der Waals surface area contributed by atoms with Gasteiger partial charge < -0.3 is 4.74 Å². The Morgan fingerprint density at radius 1 is 1.03 bits per heavy atom. The van der Waals surface area contributed by atoms with E-state index >= 15 is 0 Å². The molecule has 8 heteroatoms. The molecule has 1 aliphatic rings. The van der Waals surface area contributed by atoms with E-state index in [1.807, 2.05) is 30.3 Å². The maximum atomic E-state index is 12.9. The van der Waals surface area contributed by atoms with Crippen molar-refractivity contribution in [3.05, 3.63) is 104 Å². The van der Waals surface area contributed by atoms with E-state index in [-0.39, 0.29) is 22.4 Å². The van der Waals surface area contributed by atoms with Crippen LogP contribution in [0.5, 0.6) is 5.75 Å². The first kappa shape index (κ1) is 22.3. The van der Waals surface area contributed by atoms with E-state index in [1.54, 1.807) is 42.5 Å². The number of hydrogen-bond donors (Lipinski definition) is 0. The average Bonchev–Trinajstić information content (AvgIpc) is 3.03. The van der Waals surface area contributed by atoms with Gasteiger partial charge in [-0.25, -0.2) is 4.79 Å². The minimum Gasteiger partial charge on any atom is -0.422 e. The van der Waals surface area contributed by atoms with Crippen molar-refractivity contribution in [2.45, 2.75) is 6.54 Å². The number of thioether (sulfide) groups is 1. The number of ether oxygens (including phenoxy) is 1. The maximum Gasteiger partial charge on any atom is 0.343 e. The normalized spacial score (nSPS) is 14.8. The summed E-state index contributed by atoms with van der Waals surface area (Å²) in [6.45, 7) is 0.192. The van der Waals surface area contributed by atoms with Gasteiger partial charge in [-0.1, -0.05) is 63.9 Å². The molecule has 2 amide bonds. The summed E-state index contributed by atoms with van der Waals surface area (Å²) in [6, 6.07) is 20.8. The minimum atomic E-state index is -0.582. The number of halogens is 2. The fourth-order valence-electron chi connectivity index (χ4n) is 3.04. The summed E-state index contributed by atoms with van der Waals surface area (Å²) in [5, 5.41) is 0.0696. The van der Waals surface area contributed by atoms with Crippen molar-refractivity contribution >= 4 is 62.5 Å². The molecule has 0 unspecified atom stereocenters. The van der Waals surface area contributed by atoms with Crippen LogP contribution in [0.2, 0.25) is 5.02 Å². The van der Waals surface area contributed by atoms with Gasteiger partial charge in [-0.05, 0) is 59.8 Å². The Hall–Kier alpha value is -2.87. The van der Waals surface area contributed by atoms with Gasteiger partial charge in [-0.2, -0.15) is 0 Å². The highest BCUT2D eigenvalue weighted by atomic mass is 79.9. The summed E-state index contributed by atoms with van der Waals surface area (Å²) in [5.41, 5.74) is 1.64. The third-order valence-corrected chi connectivity index (χ3v) is 6.21. The Morgan fingerprint density at radius 3 is 2.56 bits per heavy atom. The molecular weight excluding hydrogens is 514 g/mol. The lowest BCUT2D eigenvalue weighted by Gasteiger charge is -2.12. The number of nitrogens with zero attached hydrogens (tertiary/aromatic N) is 1. The zero-order chi connectivity index (χ0) is 22.7. The van der Waals surface area contributed by atoms with Gasteiger partial charge in [-0.15, -0.1) is 0 Å². The molecular formula is C24H15BrClNO4S. The number of benzene rings is 3. The number of rotatable bonds is 5. The SMILES string of the molecule is O=C(Oc1ccc(Br)cc1/C=C1\SC(=O)N(Cc2ccccc2)C1=O)c1cccc(Cl)c1. The molecule has 4 rings (SSSR count). The monoisotopic (exact) mass is 527 g/mol. The molecule has 32 heavy (non-hydrogen) atoms. The summed E-state index contributed by atoms with van der Waals surface area (Å²) >= 11 is 10.2. The van der Waals surface area contributed by atoms with Crippen molar-refractivity contribution in [2.75, 3.05) is 0 Å². The van der Waals surface area contributed by atoms with Crippen LogP contribution in [0.4, 0.5) is 4.79 Å². The molecule has 1 aliphatic heterocycles. The zero-order valence-corrected chi connectivity index (χ0v) is 19.6. The Kier molecular flexibility index (Phi) is 6.79. The van der Waals surface area contributed by atoms with Gasteiger partial charge in [0.25, 0.3) is 11.1 Å². The summed E-state index contributed by atoms with van der Waals surface area (Å²) in [7, 11) is 0. The summed E-state index contributed by atoms with van der Waals surface area (Å²) in [5.74, 6) is -0.717. The number of amides is 2. The van der Waals surface area contributed by atoms with Crippen molar-refractivity contribution in [2.24, 2.45) is 0 Å². The molecule has 0 bridgehead atoms. The van der Waals surface area contributed by atoms with Crippen molar-refractivity contribution in [3.8, 4) is 5.75 Å². The van der Waals surface area contributed by atoms with E-state index in [0.717, 1.165) is 21.8 Å². The van der Waals surface area contributed by atoms with Crippen LogP contribution in [0.1, 0.15) is 21.5 Å². The molecule has 5 nitrogen and oxygen atoms in total. The number of esters is 1. The average molecular weight is 529 g/mol. The molecule has 0 aromatic heterocycles. The predicted octanol–water partition coefficient (Wildman–Crippen LogP) is 6.56. The molecule has 3 aromatic carbocycles. The maximum absolute atomic E-state index is 12.9. The molecule has 160 valence electrons. The first-order chi connectivity index (χ1) is 15.4. The van der Waals surface area contributed by atoms with E-state index < -0.39 is 11.9 Å². The molecule has 0 atom stereocenters. The van der Waals surface area contributed by atoms with Gasteiger partial charge >= 0.3 is 5.97 Å². The Balaban J connectivity index is 1.59. The lowest BCUT2D eigenvalue weighted by Crippen LogP contribution is -2.27. The van der Waals surface area contributed by atoms with Crippen molar-refractivity contribution in [1.82, 2.24) is 4.90 Å². The van der Waals surface area contributed by atoms with Gasteiger partial charge in [-0.3, -0.25) is 14.5 Å². The van der Waals surface area contributed by atoms with E-state index in [0.29, 0.717) is 16.1 Å². The Labute approximate surface area is 202 Å². The van der Waals surface area contributed by atoms with Gasteiger partial charge in [0.1, 0.15) is 5.75 Å². The smallest absolute Gasteiger partial charge is 0.343 e. The first-order valence-electron chi connectivity index (χ1n) is 9.47. The second-order valence-electron chi connectivity index (χ2n) is 6.84. The predicted molar refractivity (Wildman–Crippen MR) is 129 cm³/mol. The third-order valence-electron chi connectivity index (χ3n) is 4.58. The van der Waals surface area contributed by atoms with Crippen molar-refractivity contribution in [1.29, 1.82) is 0 Å². The van der Waals surface area contributed by atoms with E-state index in [2.05, 4.69) is 15.9 Å². The standard InChI is InChI=1S/C24H15BrClNO4S/c25-18-9-10-20(31-23(29)16-7-4-8-19(26)12-16)17(11-18)13-21-22(28)27(24(30)32-21)14-15-5-2-1-3-6-15/h1-13H,14H2/b21-13-. The lowest BCUT2D eigenvalue weighted by atomic mass is 10.1. The second-order valence-corrected chi connectivity index (χ2v) is 9.18. The molecule has 0 spiro atoms.